The van der Waals surface area contributed by atoms with Crippen LogP contribution in [0.4, 0.5) is 24.5 Å². The predicted octanol–water partition coefficient (Wildman–Crippen LogP) is 9.55. The fourth-order valence-electron chi connectivity index (χ4n) is 3.65. The van der Waals surface area contributed by atoms with Crippen molar-refractivity contribution in [3.63, 3.8) is 0 Å². The fraction of sp³-hybridized carbons (Fsp3) is 0.419. The van der Waals surface area contributed by atoms with Crippen LogP contribution in [0.5, 0.6) is 0 Å². The molecule has 0 spiro atoms. The minimum Gasteiger partial charge on any atom is -0.381 e. The number of alkyl halides is 3. The lowest BCUT2D eigenvalue weighted by atomic mass is 9.87. The van der Waals surface area contributed by atoms with Crippen LogP contribution in [0.2, 0.25) is 0 Å². The van der Waals surface area contributed by atoms with Crippen LogP contribution in [0.3, 0.4) is 0 Å². The van der Waals surface area contributed by atoms with E-state index in [0.29, 0.717) is 24.5 Å². The third-order valence-corrected chi connectivity index (χ3v) is 5.89. The molecule has 0 saturated heterocycles. The van der Waals surface area contributed by atoms with Gasteiger partial charge in [-0.05, 0) is 51.3 Å². The summed E-state index contributed by atoms with van der Waals surface area (Å²) in [5.74, 6) is 0. The van der Waals surface area contributed by atoms with Crippen molar-refractivity contribution in [1.29, 1.82) is 0 Å². The van der Waals surface area contributed by atoms with E-state index in [-0.39, 0.29) is 10.8 Å². The number of anilines is 2. The Kier molecular flexibility index (Phi) is 9.64. The molecule has 0 saturated carbocycles. The average Bonchev–Trinajstić information content (AvgIpc) is 2.81. The van der Waals surface area contributed by atoms with Crippen LogP contribution in [-0.2, 0) is 30.1 Å². The minimum absolute atomic E-state index is 0.0562. The summed E-state index contributed by atoms with van der Waals surface area (Å²) in [6.45, 7) is 17.8. The van der Waals surface area contributed by atoms with E-state index in [0.717, 1.165) is 23.3 Å². The molecular weight excluding hydrogens is 457 g/mol. The summed E-state index contributed by atoms with van der Waals surface area (Å²) < 4.78 is 40.6. The van der Waals surface area contributed by atoms with Crippen LogP contribution in [0.1, 0.15) is 83.2 Å². The van der Waals surface area contributed by atoms with Gasteiger partial charge in [0.15, 0.2) is 0 Å². The molecule has 36 heavy (non-hydrogen) atoms. The number of hydrogen-bond donors (Lipinski definition) is 2. The van der Waals surface area contributed by atoms with Crippen molar-refractivity contribution in [3.8, 4) is 0 Å². The Hall–Kier alpha value is -2.95. The molecule has 3 rings (SSSR count). The number of halogens is 3. The summed E-state index contributed by atoms with van der Waals surface area (Å²) >= 11 is 0. The third-order valence-electron chi connectivity index (χ3n) is 5.89. The van der Waals surface area contributed by atoms with Gasteiger partial charge < -0.3 is 10.6 Å². The van der Waals surface area contributed by atoms with E-state index in [1.54, 1.807) is 6.07 Å². The first-order valence-corrected chi connectivity index (χ1v) is 12.6. The summed E-state index contributed by atoms with van der Waals surface area (Å²) in [5, 5.41) is 6.31. The standard InChI is InChI=1S/C29H35F3N2.C2H6/c1-27(2,3)22-11-7-20(8-12-22)18-33-25-15-24(29(30,31)32)16-26(17-25)34-19-21-9-13-23(14-10-21)28(4,5)6;1-2/h7-17,33-34H,18-19H2,1-6H3;1-2H3. The lowest BCUT2D eigenvalue weighted by Crippen LogP contribution is -2.11. The van der Waals surface area contributed by atoms with E-state index < -0.39 is 11.7 Å². The number of rotatable bonds is 6. The number of hydrogen-bond acceptors (Lipinski definition) is 2. The van der Waals surface area contributed by atoms with Crippen molar-refractivity contribution in [2.45, 2.75) is 85.5 Å². The fourth-order valence-corrected chi connectivity index (χ4v) is 3.65. The molecule has 0 unspecified atom stereocenters. The zero-order valence-electron chi connectivity index (χ0n) is 22.9. The van der Waals surface area contributed by atoms with Crippen molar-refractivity contribution in [3.05, 3.63) is 94.5 Å². The molecule has 3 aromatic rings. The molecule has 0 radical (unpaired) electrons. The molecule has 0 aliphatic carbocycles. The van der Waals surface area contributed by atoms with Crippen molar-refractivity contribution in [2.24, 2.45) is 0 Å². The summed E-state index contributed by atoms with van der Waals surface area (Å²) in [5.41, 5.74) is 4.76. The third kappa shape index (κ3) is 8.61. The Bertz CT molecular complexity index is 1010. The molecule has 0 amide bonds. The van der Waals surface area contributed by atoms with E-state index in [4.69, 9.17) is 0 Å². The molecule has 0 heterocycles. The lowest BCUT2D eigenvalue weighted by Gasteiger charge is -2.20. The van der Waals surface area contributed by atoms with Gasteiger partial charge in [0.2, 0.25) is 0 Å². The Labute approximate surface area is 215 Å². The molecule has 3 aromatic carbocycles. The van der Waals surface area contributed by atoms with Gasteiger partial charge in [-0.15, -0.1) is 0 Å². The molecular formula is C31H41F3N2. The highest BCUT2D eigenvalue weighted by molar-refractivity contribution is 5.60. The average molecular weight is 499 g/mol. The summed E-state index contributed by atoms with van der Waals surface area (Å²) in [4.78, 5) is 0. The minimum atomic E-state index is -4.42. The largest absolute Gasteiger partial charge is 0.416 e. The topological polar surface area (TPSA) is 24.1 Å². The lowest BCUT2D eigenvalue weighted by molar-refractivity contribution is -0.137. The molecule has 0 aromatic heterocycles. The predicted molar refractivity (Wildman–Crippen MR) is 148 cm³/mol. The number of benzene rings is 3. The van der Waals surface area contributed by atoms with Crippen LogP contribution in [-0.4, -0.2) is 0 Å². The first-order valence-electron chi connectivity index (χ1n) is 12.6. The molecule has 196 valence electrons. The maximum absolute atomic E-state index is 13.5. The van der Waals surface area contributed by atoms with Gasteiger partial charge in [-0.25, -0.2) is 0 Å². The molecule has 2 N–H and O–H groups in total. The highest BCUT2D eigenvalue weighted by Gasteiger charge is 2.31. The molecule has 0 aliphatic heterocycles. The van der Waals surface area contributed by atoms with Gasteiger partial charge >= 0.3 is 6.18 Å². The van der Waals surface area contributed by atoms with Gasteiger partial charge in [-0.1, -0.05) is 104 Å². The molecule has 0 atom stereocenters. The van der Waals surface area contributed by atoms with E-state index in [1.807, 2.05) is 38.1 Å². The van der Waals surface area contributed by atoms with Crippen LogP contribution in [0.15, 0.2) is 66.7 Å². The second-order valence-electron chi connectivity index (χ2n) is 10.9. The smallest absolute Gasteiger partial charge is 0.381 e. The Morgan fingerprint density at radius 2 is 0.861 bits per heavy atom. The second kappa shape index (κ2) is 11.9. The zero-order chi connectivity index (χ0) is 27.1. The molecule has 0 bridgehead atoms. The molecule has 2 nitrogen and oxygen atoms in total. The van der Waals surface area contributed by atoms with Crippen molar-refractivity contribution in [1.82, 2.24) is 0 Å². The second-order valence-corrected chi connectivity index (χ2v) is 10.9. The maximum Gasteiger partial charge on any atom is 0.416 e. The summed E-state index contributed by atoms with van der Waals surface area (Å²) in [6, 6.07) is 20.4. The van der Waals surface area contributed by atoms with E-state index in [2.05, 4.69) is 76.4 Å². The van der Waals surface area contributed by atoms with Gasteiger partial charge in [0, 0.05) is 24.5 Å². The maximum atomic E-state index is 13.5. The Morgan fingerprint density at radius 3 is 1.14 bits per heavy atom. The highest BCUT2D eigenvalue weighted by atomic mass is 19.4. The van der Waals surface area contributed by atoms with Gasteiger partial charge in [-0.2, -0.15) is 13.2 Å². The van der Waals surface area contributed by atoms with Gasteiger partial charge in [-0.3, -0.25) is 0 Å². The van der Waals surface area contributed by atoms with Crippen LogP contribution in [0.25, 0.3) is 0 Å². The quantitative estimate of drug-likeness (QED) is 0.353. The monoisotopic (exact) mass is 498 g/mol. The van der Waals surface area contributed by atoms with Crippen molar-refractivity contribution < 1.29 is 13.2 Å². The SMILES string of the molecule is CC.CC(C)(C)c1ccc(CNc2cc(NCc3ccc(C(C)(C)C)cc3)cc(C(F)(F)F)c2)cc1. The van der Waals surface area contributed by atoms with Gasteiger partial charge in [0.1, 0.15) is 0 Å². The van der Waals surface area contributed by atoms with Crippen LogP contribution in [0, 0.1) is 0 Å². The Morgan fingerprint density at radius 1 is 0.528 bits per heavy atom. The number of nitrogens with one attached hydrogen (secondary N) is 2. The first-order chi connectivity index (χ1) is 16.7. The van der Waals surface area contributed by atoms with E-state index in [9.17, 15) is 13.2 Å². The van der Waals surface area contributed by atoms with Gasteiger partial charge in [0.05, 0.1) is 5.56 Å². The molecule has 5 heteroatoms. The van der Waals surface area contributed by atoms with E-state index >= 15 is 0 Å². The van der Waals surface area contributed by atoms with Crippen LogP contribution >= 0.6 is 0 Å². The Balaban J connectivity index is 0.00000222. The van der Waals surface area contributed by atoms with Crippen molar-refractivity contribution >= 4 is 11.4 Å². The van der Waals surface area contributed by atoms with E-state index in [1.165, 1.54) is 11.1 Å². The normalized spacial score (nSPS) is 12.0. The zero-order valence-corrected chi connectivity index (χ0v) is 22.9. The van der Waals surface area contributed by atoms with Crippen molar-refractivity contribution in [2.75, 3.05) is 10.6 Å². The molecule has 0 fully saturated rings. The first kappa shape index (κ1) is 29.3. The molecule has 0 aliphatic rings. The highest BCUT2D eigenvalue weighted by Crippen LogP contribution is 2.34. The summed E-state index contributed by atoms with van der Waals surface area (Å²) in [7, 11) is 0. The van der Waals surface area contributed by atoms with Gasteiger partial charge in [0.25, 0.3) is 0 Å². The summed E-state index contributed by atoms with van der Waals surface area (Å²) in [6.07, 6.45) is -4.42. The van der Waals surface area contributed by atoms with Crippen LogP contribution < -0.4 is 10.6 Å².